The average Bonchev–Trinajstić information content (AvgIpc) is 2.71. The molecule has 1 aromatic carbocycles. The summed E-state index contributed by atoms with van der Waals surface area (Å²) in [6.07, 6.45) is 2.03. The van der Waals surface area contributed by atoms with Gasteiger partial charge in [0.15, 0.2) is 0 Å². The van der Waals surface area contributed by atoms with E-state index in [1.807, 2.05) is 31.0 Å². The van der Waals surface area contributed by atoms with E-state index in [1.54, 1.807) is 0 Å². The van der Waals surface area contributed by atoms with E-state index >= 15 is 0 Å². The van der Waals surface area contributed by atoms with Gasteiger partial charge in [0.05, 0.1) is 12.0 Å². The van der Waals surface area contributed by atoms with E-state index < -0.39 is 0 Å². The van der Waals surface area contributed by atoms with Crippen LogP contribution in [0.1, 0.15) is 25.3 Å². The van der Waals surface area contributed by atoms with E-state index in [0.717, 1.165) is 51.4 Å². The van der Waals surface area contributed by atoms with E-state index in [4.69, 9.17) is 4.74 Å². The van der Waals surface area contributed by atoms with Crippen LogP contribution in [-0.4, -0.2) is 50.7 Å². The molecule has 1 aromatic rings. The molecule has 1 amide bonds. The van der Waals surface area contributed by atoms with Gasteiger partial charge in [0, 0.05) is 32.4 Å². The Bertz CT molecular complexity index is 531. The number of rotatable bonds is 4. The third-order valence-corrected chi connectivity index (χ3v) is 4.82. The number of likely N-dealkylation sites (N-methyl/N-ethyl adjacent to an activating group) is 1. The summed E-state index contributed by atoms with van der Waals surface area (Å²) in [6.45, 7) is 6.31. The lowest BCUT2D eigenvalue weighted by Gasteiger charge is -2.39. The first-order chi connectivity index (χ1) is 10.2. The molecule has 1 spiro atoms. The molecule has 0 aromatic heterocycles. The second kappa shape index (κ2) is 5.78. The maximum absolute atomic E-state index is 12.9. The van der Waals surface area contributed by atoms with E-state index in [-0.39, 0.29) is 11.3 Å². The van der Waals surface area contributed by atoms with Crippen LogP contribution in [0.15, 0.2) is 24.3 Å². The highest BCUT2D eigenvalue weighted by Gasteiger charge is 2.51. The third-order valence-electron chi connectivity index (χ3n) is 4.82. The van der Waals surface area contributed by atoms with Crippen molar-refractivity contribution < 1.29 is 9.53 Å². The van der Waals surface area contributed by atoms with Gasteiger partial charge in [-0.15, -0.1) is 0 Å². The van der Waals surface area contributed by atoms with E-state index in [2.05, 4.69) is 17.0 Å². The molecule has 1 atom stereocenters. The molecule has 4 nitrogen and oxygen atoms in total. The molecule has 0 bridgehead atoms. The minimum atomic E-state index is -0.337. The number of hydrogen-bond acceptors (Lipinski definition) is 3. The van der Waals surface area contributed by atoms with Crippen molar-refractivity contribution in [3.63, 3.8) is 0 Å². The molecule has 4 heteroatoms. The number of carbonyl (C=O) groups is 1. The van der Waals surface area contributed by atoms with E-state index in [0.29, 0.717) is 0 Å². The zero-order chi connectivity index (χ0) is 14.9. The summed E-state index contributed by atoms with van der Waals surface area (Å²) in [6, 6.07) is 8.24. The molecule has 1 saturated heterocycles. The summed E-state index contributed by atoms with van der Waals surface area (Å²) in [7, 11) is 1.90. The second-order valence-electron chi connectivity index (χ2n) is 6.04. The first-order valence-electron chi connectivity index (χ1n) is 7.87. The average molecular weight is 288 g/mol. The SMILES string of the molecule is CCOCCN1CCC[C@]2(C1)C(=O)N(C)c1ccccc12. The van der Waals surface area contributed by atoms with Gasteiger partial charge in [-0.25, -0.2) is 0 Å². The highest BCUT2D eigenvalue weighted by molar-refractivity contribution is 6.08. The van der Waals surface area contributed by atoms with Crippen LogP contribution in [0.25, 0.3) is 0 Å². The smallest absolute Gasteiger partial charge is 0.238 e. The zero-order valence-corrected chi connectivity index (χ0v) is 13.0. The van der Waals surface area contributed by atoms with E-state index in [9.17, 15) is 4.79 Å². The molecule has 114 valence electrons. The second-order valence-corrected chi connectivity index (χ2v) is 6.04. The van der Waals surface area contributed by atoms with Crippen LogP contribution < -0.4 is 4.90 Å². The Hall–Kier alpha value is -1.39. The molecule has 1 fully saturated rings. The number of ether oxygens (including phenoxy) is 1. The molecule has 2 aliphatic rings. The molecule has 0 radical (unpaired) electrons. The largest absolute Gasteiger partial charge is 0.380 e. The number of anilines is 1. The summed E-state index contributed by atoms with van der Waals surface area (Å²) in [5, 5.41) is 0. The number of para-hydroxylation sites is 1. The molecular weight excluding hydrogens is 264 g/mol. The van der Waals surface area contributed by atoms with Crippen molar-refractivity contribution in [2.24, 2.45) is 0 Å². The predicted molar refractivity (Wildman–Crippen MR) is 83.7 cm³/mol. The molecule has 0 unspecified atom stereocenters. The zero-order valence-electron chi connectivity index (χ0n) is 13.0. The fraction of sp³-hybridized carbons (Fsp3) is 0.588. The van der Waals surface area contributed by atoms with Crippen LogP contribution in [0.5, 0.6) is 0 Å². The topological polar surface area (TPSA) is 32.8 Å². The van der Waals surface area contributed by atoms with Gasteiger partial charge in [-0.3, -0.25) is 9.69 Å². The molecule has 21 heavy (non-hydrogen) atoms. The van der Waals surface area contributed by atoms with Crippen LogP contribution in [0.2, 0.25) is 0 Å². The van der Waals surface area contributed by atoms with Crippen molar-refractivity contribution in [1.29, 1.82) is 0 Å². The van der Waals surface area contributed by atoms with Gasteiger partial charge in [0.1, 0.15) is 0 Å². The Morgan fingerprint density at radius 3 is 2.95 bits per heavy atom. The first-order valence-corrected chi connectivity index (χ1v) is 7.87. The van der Waals surface area contributed by atoms with Crippen molar-refractivity contribution in [3.8, 4) is 0 Å². The summed E-state index contributed by atoms with van der Waals surface area (Å²) in [5.41, 5.74) is 1.95. The van der Waals surface area contributed by atoms with Crippen LogP contribution >= 0.6 is 0 Å². The standard InChI is InChI=1S/C17H24N2O2/c1-3-21-12-11-19-10-6-9-17(13-19)14-7-4-5-8-15(14)18(2)16(17)20/h4-5,7-8H,3,6,9-13H2,1-2H3/t17-/m1/s1. The number of piperidine rings is 1. The van der Waals surface area contributed by atoms with Gasteiger partial charge < -0.3 is 9.64 Å². The van der Waals surface area contributed by atoms with Crippen molar-refractivity contribution in [3.05, 3.63) is 29.8 Å². The number of amides is 1. The minimum Gasteiger partial charge on any atom is -0.380 e. The Kier molecular flexibility index (Phi) is 4.00. The van der Waals surface area contributed by atoms with Crippen LogP contribution in [0.3, 0.4) is 0 Å². The molecule has 2 heterocycles. The van der Waals surface area contributed by atoms with Gasteiger partial charge in [-0.05, 0) is 37.9 Å². The maximum Gasteiger partial charge on any atom is 0.238 e. The molecule has 0 aliphatic carbocycles. The fourth-order valence-corrected chi connectivity index (χ4v) is 3.78. The Morgan fingerprint density at radius 2 is 2.14 bits per heavy atom. The lowest BCUT2D eigenvalue weighted by atomic mass is 9.75. The van der Waals surface area contributed by atoms with Crippen molar-refractivity contribution in [1.82, 2.24) is 4.90 Å². The van der Waals surface area contributed by atoms with Gasteiger partial charge in [-0.1, -0.05) is 18.2 Å². The first kappa shape index (κ1) is 14.5. The minimum absolute atomic E-state index is 0.254. The predicted octanol–water partition coefficient (Wildman–Crippen LogP) is 2.03. The van der Waals surface area contributed by atoms with Gasteiger partial charge in [0.25, 0.3) is 0 Å². The molecule has 3 rings (SSSR count). The van der Waals surface area contributed by atoms with Gasteiger partial charge >= 0.3 is 0 Å². The van der Waals surface area contributed by atoms with Crippen molar-refractivity contribution in [2.75, 3.05) is 44.8 Å². The molecule has 2 aliphatic heterocycles. The van der Waals surface area contributed by atoms with Crippen molar-refractivity contribution >= 4 is 11.6 Å². The monoisotopic (exact) mass is 288 g/mol. The van der Waals surface area contributed by atoms with Crippen LogP contribution in [0.4, 0.5) is 5.69 Å². The number of hydrogen-bond donors (Lipinski definition) is 0. The highest BCUT2D eigenvalue weighted by Crippen LogP contribution is 2.45. The number of carbonyl (C=O) groups excluding carboxylic acids is 1. The molecular formula is C17H24N2O2. The quantitative estimate of drug-likeness (QED) is 0.795. The number of fused-ring (bicyclic) bond motifs is 2. The van der Waals surface area contributed by atoms with Crippen molar-refractivity contribution in [2.45, 2.75) is 25.2 Å². The Morgan fingerprint density at radius 1 is 1.33 bits per heavy atom. The summed E-state index contributed by atoms with van der Waals surface area (Å²) >= 11 is 0. The highest BCUT2D eigenvalue weighted by atomic mass is 16.5. The maximum atomic E-state index is 12.9. The lowest BCUT2D eigenvalue weighted by Crippen LogP contribution is -2.52. The fourth-order valence-electron chi connectivity index (χ4n) is 3.78. The van der Waals surface area contributed by atoms with Crippen LogP contribution in [0, 0.1) is 0 Å². The molecule has 0 saturated carbocycles. The summed E-state index contributed by atoms with van der Waals surface area (Å²) < 4.78 is 5.47. The normalized spacial score (nSPS) is 25.6. The number of likely N-dealkylation sites (tertiary alicyclic amines) is 1. The number of benzene rings is 1. The summed E-state index contributed by atoms with van der Waals surface area (Å²) in [5.74, 6) is 0.254. The number of nitrogens with zero attached hydrogens (tertiary/aromatic N) is 2. The lowest BCUT2D eigenvalue weighted by molar-refractivity contribution is -0.125. The Balaban J connectivity index is 1.84. The third kappa shape index (κ3) is 2.36. The van der Waals surface area contributed by atoms with Gasteiger partial charge in [-0.2, -0.15) is 0 Å². The van der Waals surface area contributed by atoms with Gasteiger partial charge in [0.2, 0.25) is 5.91 Å². The Labute approximate surface area is 126 Å². The summed E-state index contributed by atoms with van der Waals surface area (Å²) in [4.78, 5) is 17.1. The van der Waals surface area contributed by atoms with E-state index in [1.165, 1.54) is 5.56 Å². The molecule has 0 N–H and O–H groups in total. The van der Waals surface area contributed by atoms with Crippen LogP contribution in [-0.2, 0) is 14.9 Å².